The molecule has 1 heterocycles. The van der Waals surface area contributed by atoms with Gasteiger partial charge < -0.3 is 5.73 Å². The van der Waals surface area contributed by atoms with Crippen molar-refractivity contribution in [3.8, 4) is 0 Å². The van der Waals surface area contributed by atoms with Crippen LogP contribution >= 0.6 is 23.4 Å². The van der Waals surface area contributed by atoms with Crippen LogP contribution in [0, 0.1) is 0 Å². The van der Waals surface area contributed by atoms with Gasteiger partial charge in [0.15, 0.2) is 0 Å². The van der Waals surface area contributed by atoms with E-state index in [9.17, 15) is 0 Å². The summed E-state index contributed by atoms with van der Waals surface area (Å²) in [4.78, 5) is 4.19. The molecule has 0 spiro atoms. The third-order valence-corrected chi connectivity index (χ3v) is 2.91. The molecule has 0 amide bonds. The van der Waals surface area contributed by atoms with Crippen molar-refractivity contribution < 1.29 is 0 Å². The first-order valence-corrected chi connectivity index (χ1v) is 5.65. The molecular weight excluding hydrogens is 204 g/mol. The minimum atomic E-state index is 0.240. The minimum Gasteiger partial charge on any atom is -0.327 e. The number of thioether (sulfide) groups is 1. The molecule has 0 aliphatic heterocycles. The fourth-order valence-electron chi connectivity index (χ4n) is 0.877. The normalized spacial score (nSPS) is 12.8. The summed E-state index contributed by atoms with van der Waals surface area (Å²) >= 11 is 7.59. The smallest absolute Gasteiger partial charge is 0.0517 e. The molecule has 0 aliphatic rings. The second-order valence-corrected chi connectivity index (χ2v) is 4.42. The van der Waals surface area contributed by atoms with Crippen LogP contribution in [-0.4, -0.2) is 16.8 Å². The molecule has 2 N–H and O–H groups in total. The molecule has 0 fully saturated rings. The van der Waals surface area contributed by atoms with E-state index < -0.39 is 0 Å². The SMILES string of the molecule is CC(N)CSCc1cc(Cl)ccn1. The highest BCUT2D eigenvalue weighted by Gasteiger charge is 1.98. The Morgan fingerprint density at radius 3 is 3.08 bits per heavy atom. The Kier molecular flexibility index (Phi) is 4.56. The number of pyridine rings is 1. The number of hydrogen-bond acceptors (Lipinski definition) is 3. The van der Waals surface area contributed by atoms with Gasteiger partial charge in [-0.2, -0.15) is 11.8 Å². The molecule has 0 radical (unpaired) electrons. The maximum atomic E-state index is 5.81. The molecule has 1 unspecified atom stereocenters. The lowest BCUT2D eigenvalue weighted by Crippen LogP contribution is -2.17. The van der Waals surface area contributed by atoms with Crippen molar-refractivity contribution in [2.24, 2.45) is 5.73 Å². The number of hydrogen-bond donors (Lipinski definition) is 1. The summed E-state index contributed by atoms with van der Waals surface area (Å²) in [5.74, 6) is 1.83. The third kappa shape index (κ3) is 4.50. The van der Waals surface area contributed by atoms with Crippen molar-refractivity contribution in [3.05, 3.63) is 29.0 Å². The summed E-state index contributed by atoms with van der Waals surface area (Å²) in [5.41, 5.74) is 6.63. The predicted octanol–water partition coefficient (Wildman–Crippen LogP) is 2.32. The number of nitrogens with zero attached hydrogens (tertiary/aromatic N) is 1. The number of rotatable bonds is 4. The highest BCUT2D eigenvalue weighted by molar-refractivity contribution is 7.98. The summed E-state index contributed by atoms with van der Waals surface area (Å²) in [6.07, 6.45) is 1.73. The molecular formula is C9H13ClN2S. The highest BCUT2D eigenvalue weighted by Crippen LogP contribution is 2.14. The van der Waals surface area contributed by atoms with Crippen molar-refractivity contribution in [2.75, 3.05) is 5.75 Å². The van der Waals surface area contributed by atoms with Crippen LogP contribution in [0.1, 0.15) is 12.6 Å². The first kappa shape index (κ1) is 10.8. The predicted molar refractivity (Wildman–Crippen MR) is 59.1 cm³/mol. The minimum absolute atomic E-state index is 0.240. The molecule has 1 atom stereocenters. The van der Waals surface area contributed by atoms with Crippen LogP contribution in [0.5, 0.6) is 0 Å². The molecule has 1 aromatic rings. The van der Waals surface area contributed by atoms with Crippen LogP contribution in [0.3, 0.4) is 0 Å². The molecule has 4 heteroatoms. The van der Waals surface area contributed by atoms with Crippen LogP contribution < -0.4 is 5.73 Å². The topological polar surface area (TPSA) is 38.9 Å². The van der Waals surface area contributed by atoms with Crippen molar-refractivity contribution in [1.29, 1.82) is 0 Å². The Bertz CT molecular complexity index is 266. The maximum Gasteiger partial charge on any atom is 0.0517 e. The molecule has 13 heavy (non-hydrogen) atoms. The molecule has 72 valence electrons. The second kappa shape index (κ2) is 5.47. The Labute approximate surface area is 87.9 Å². The average Bonchev–Trinajstić information content (AvgIpc) is 2.03. The zero-order chi connectivity index (χ0) is 9.68. The lowest BCUT2D eigenvalue weighted by molar-refractivity contribution is 0.847. The van der Waals surface area contributed by atoms with Gasteiger partial charge in [0.25, 0.3) is 0 Å². The van der Waals surface area contributed by atoms with E-state index in [0.29, 0.717) is 0 Å². The van der Waals surface area contributed by atoms with E-state index in [1.54, 1.807) is 24.0 Å². The zero-order valence-corrected chi connectivity index (χ0v) is 9.11. The monoisotopic (exact) mass is 216 g/mol. The molecule has 0 aliphatic carbocycles. The van der Waals surface area contributed by atoms with Crippen LogP contribution in [0.15, 0.2) is 18.3 Å². The van der Waals surface area contributed by atoms with Crippen LogP contribution in [0.25, 0.3) is 0 Å². The lowest BCUT2D eigenvalue weighted by atomic mass is 10.4. The highest BCUT2D eigenvalue weighted by atomic mass is 35.5. The Balaban J connectivity index is 2.37. The van der Waals surface area contributed by atoms with Gasteiger partial charge in [-0.25, -0.2) is 0 Å². The fourth-order valence-corrected chi connectivity index (χ4v) is 1.92. The first-order chi connectivity index (χ1) is 6.18. The molecule has 0 saturated heterocycles. The second-order valence-electron chi connectivity index (χ2n) is 2.96. The average molecular weight is 217 g/mol. The van der Waals surface area contributed by atoms with Gasteiger partial charge in [0.05, 0.1) is 5.69 Å². The summed E-state index contributed by atoms with van der Waals surface area (Å²) in [7, 11) is 0. The zero-order valence-electron chi connectivity index (χ0n) is 7.53. The molecule has 1 rings (SSSR count). The van der Waals surface area contributed by atoms with E-state index in [-0.39, 0.29) is 6.04 Å². The Hall–Kier alpha value is -0.250. The molecule has 2 nitrogen and oxygen atoms in total. The van der Waals surface area contributed by atoms with Crippen molar-refractivity contribution in [3.63, 3.8) is 0 Å². The standard InChI is InChI=1S/C9H13ClN2S/c1-7(11)5-13-6-9-4-8(10)2-3-12-9/h2-4,7H,5-6,11H2,1H3. The maximum absolute atomic E-state index is 5.81. The number of halogens is 1. The van der Waals surface area contributed by atoms with Crippen molar-refractivity contribution in [1.82, 2.24) is 4.98 Å². The summed E-state index contributed by atoms with van der Waals surface area (Å²) in [6, 6.07) is 3.90. The summed E-state index contributed by atoms with van der Waals surface area (Å²) in [6.45, 7) is 2.00. The van der Waals surface area contributed by atoms with E-state index in [1.807, 2.05) is 13.0 Å². The van der Waals surface area contributed by atoms with Gasteiger partial charge in [-0.05, 0) is 19.1 Å². The number of nitrogens with two attached hydrogens (primary N) is 1. The Morgan fingerprint density at radius 2 is 2.46 bits per heavy atom. The summed E-state index contributed by atoms with van der Waals surface area (Å²) < 4.78 is 0. The van der Waals surface area contributed by atoms with Gasteiger partial charge in [0.2, 0.25) is 0 Å². The van der Waals surface area contributed by atoms with E-state index in [4.69, 9.17) is 17.3 Å². The van der Waals surface area contributed by atoms with Crippen LogP contribution in [-0.2, 0) is 5.75 Å². The fraction of sp³-hybridized carbons (Fsp3) is 0.444. The summed E-state index contributed by atoms with van der Waals surface area (Å²) in [5, 5.41) is 0.742. The van der Waals surface area contributed by atoms with Gasteiger partial charge >= 0.3 is 0 Å². The van der Waals surface area contributed by atoms with E-state index in [2.05, 4.69) is 4.98 Å². The van der Waals surface area contributed by atoms with E-state index in [0.717, 1.165) is 22.2 Å². The molecule has 0 aromatic carbocycles. The first-order valence-electron chi connectivity index (χ1n) is 4.12. The largest absolute Gasteiger partial charge is 0.327 e. The van der Waals surface area contributed by atoms with E-state index >= 15 is 0 Å². The molecule has 1 aromatic heterocycles. The van der Waals surface area contributed by atoms with E-state index in [1.165, 1.54) is 0 Å². The quantitative estimate of drug-likeness (QED) is 0.840. The van der Waals surface area contributed by atoms with Crippen LogP contribution in [0.4, 0.5) is 0 Å². The van der Waals surface area contributed by atoms with Gasteiger partial charge in [-0.1, -0.05) is 11.6 Å². The number of aromatic nitrogens is 1. The third-order valence-electron chi connectivity index (χ3n) is 1.41. The van der Waals surface area contributed by atoms with Gasteiger partial charge in [0, 0.05) is 28.8 Å². The van der Waals surface area contributed by atoms with Crippen molar-refractivity contribution >= 4 is 23.4 Å². The van der Waals surface area contributed by atoms with Gasteiger partial charge in [-0.3, -0.25) is 4.98 Å². The lowest BCUT2D eigenvalue weighted by Gasteiger charge is -2.04. The van der Waals surface area contributed by atoms with Gasteiger partial charge in [0.1, 0.15) is 0 Å². The van der Waals surface area contributed by atoms with Crippen LogP contribution in [0.2, 0.25) is 5.02 Å². The van der Waals surface area contributed by atoms with Gasteiger partial charge in [-0.15, -0.1) is 0 Å². The Morgan fingerprint density at radius 1 is 1.69 bits per heavy atom. The van der Waals surface area contributed by atoms with Crippen molar-refractivity contribution in [2.45, 2.75) is 18.7 Å². The molecule has 0 saturated carbocycles. The molecule has 0 bridgehead atoms.